The predicted molar refractivity (Wildman–Crippen MR) is 68.1 cm³/mol. The highest BCUT2D eigenvalue weighted by Gasteiger charge is 2.35. The zero-order chi connectivity index (χ0) is 13.1. The average Bonchev–Trinajstić information content (AvgIpc) is 2.38. The number of carboxylic acids is 1. The number of nitrogens with zero attached hydrogens (tertiary/aromatic N) is 1. The quantitative estimate of drug-likeness (QED) is 0.820. The van der Waals surface area contributed by atoms with Crippen LogP contribution < -0.4 is 0 Å². The molecule has 1 saturated heterocycles. The number of rotatable bonds is 2. The molecule has 2 rings (SSSR count). The van der Waals surface area contributed by atoms with Crippen LogP contribution in [-0.4, -0.2) is 35.0 Å². The Morgan fingerprint density at radius 1 is 1.11 bits per heavy atom. The van der Waals surface area contributed by atoms with E-state index in [1.807, 2.05) is 11.8 Å². The largest absolute Gasteiger partial charge is 0.481 e. The molecule has 0 aromatic heterocycles. The van der Waals surface area contributed by atoms with Crippen LogP contribution in [0.2, 0.25) is 0 Å². The van der Waals surface area contributed by atoms with E-state index >= 15 is 0 Å². The number of carbonyl (C=O) groups is 2. The second-order valence-electron chi connectivity index (χ2n) is 5.83. The molecular weight excluding hydrogens is 230 g/mol. The Labute approximate surface area is 108 Å². The van der Waals surface area contributed by atoms with Gasteiger partial charge >= 0.3 is 5.97 Å². The third kappa shape index (κ3) is 2.85. The highest BCUT2D eigenvalue weighted by Crippen LogP contribution is 2.29. The number of hydrogen-bond acceptors (Lipinski definition) is 2. The Morgan fingerprint density at radius 3 is 2.33 bits per heavy atom. The summed E-state index contributed by atoms with van der Waals surface area (Å²) in [6.45, 7) is 3.18. The summed E-state index contributed by atoms with van der Waals surface area (Å²) in [5, 5.41) is 9.08. The first-order valence-electron chi connectivity index (χ1n) is 7.11. The lowest BCUT2D eigenvalue weighted by Gasteiger charge is -2.37. The number of carbonyl (C=O) groups excluding carboxylic acids is 1. The van der Waals surface area contributed by atoms with Crippen molar-refractivity contribution >= 4 is 11.9 Å². The van der Waals surface area contributed by atoms with Gasteiger partial charge in [-0.1, -0.05) is 26.2 Å². The van der Waals surface area contributed by atoms with Crippen molar-refractivity contribution in [3.8, 4) is 0 Å². The van der Waals surface area contributed by atoms with Crippen molar-refractivity contribution in [1.82, 2.24) is 4.90 Å². The van der Waals surface area contributed by atoms with Crippen LogP contribution in [0, 0.1) is 17.8 Å². The smallest absolute Gasteiger partial charge is 0.306 e. The Hall–Kier alpha value is -1.06. The molecule has 1 aliphatic carbocycles. The van der Waals surface area contributed by atoms with Crippen LogP contribution >= 0.6 is 0 Å². The van der Waals surface area contributed by atoms with Gasteiger partial charge in [0.1, 0.15) is 0 Å². The van der Waals surface area contributed by atoms with E-state index in [2.05, 4.69) is 0 Å². The first kappa shape index (κ1) is 13.4. The molecule has 2 aliphatic rings. The number of likely N-dealkylation sites (tertiary alicyclic amines) is 1. The van der Waals surface area contributed by atoms with Crippen LogP contribution in [0.1, 0.15) is 45.4 Å². The summed E-state index contributed by atoms with van der Waals surface area (Å²) in [7, 11) is 0. The topological polar surface area (TPSA) is 57.6 Å². The maximum Gasteiger partial charge on any atom is 0.306 e. The fourth-order valence-electron chi connectivity index (χ4n) is 3.32. The number of carboxylic acid groups (broad SMARTS) is 1. The Bertz CT molecular complexity index is 323. The molecule has 0 radical (unpaired) electrons. The molecule has 18 heavy (non-hydrogen) atoms. The molecule has 1 N–H and O–H groups in total. The lowest BCUT2D eigenvalue weighted by molar-refractivity contribution is -0.149. The zero-order valence-corrected chi connectivity index (χ0v) is 11.1. The molecule has 0 spiro atoms. The molecule has 2 unspecified atom stereocenters. The van der Waals surface area contributed by atoms with Gasteiger partial charge in [0.25, 0.3) is 0 Å². The van der Waals surface area contributed by atoms with Gasteiger partial charge in [0.05, 0.1) is 5.92 Å². The lowest BCUT2D eigenvalue weighted by atomic mass is 9.84. The van der Waals surface area contributed by atoms with Crippen molar-refractivity contribution in [2.24, 2.45) is 17.8 Å². The predicted octanol–water partition coefficient (Wildman–Crippen LogP) is 2.14. The van der Waals surface area contributed by atoms with Gasteiger partial charge in [0, 0.05) is 19.0 Å². The first-order chi connectivity index (χ1) is 8.59. The van der Waals surface area contributed by atoms with Crippen molar-refractivity contribution in [3.05, 3.63) is 0 Å². The third-order valence-corrected chi connectivity index (χ3v) is 4.49. The highest BCUT2D eigenvalue weighted by atomic mass is 16.4. The second-order valence-corrected chi connectivity index (χ2v) is 5.83. The van der Waals surface area contributed by atoms with E-state index in [4.69, 9.17) is 5.11 Å². The van der Waals surface area contributed by atoms with Crippen molar-refractivity contribution in [2.45, 2.75) is 45.4 Å². The Balaban J connectivity index is 1.91. The molecule has 1 saturated carbocycles. The molecule has 102 valence electrons. The van der Waals surface area contributed by atoms with E-state index in [-0.39, 0.29) is 23.7 Å². The molecule has 4 heteroatoms. The average molecular weight is 253 g/mol. The molecule has 4 nitrogen and oxygen atoms in total. The van der Waals surface area contributed by atoms with E-state index in [9.17, 15) is 9.59 Å². The van der Waals surface area contributed by atoms with Crippen LogP contribution in [0.25, 0.3) is 0 Å². The molecular formula is C14H23NO3. The minimum absolute atomic E-state index is 0.0730. The third-order valence-electron chi connectivity index (χ3n) is 4.49. The number of piperidine rings is 1. The Kier molecular flexibility index (Phi) is 4.25. The fourth-order valence-corrected chi connectivity index (χ4v) is 3.32. The van der Waals surface area contributed by atoms with Gasteiger partial charge in [-0.05, 0) is 25.2 Å². The maximum atomic E-state index is 12.4. The lowest BCUT2D eigenvalue weighted by Crippen LogP contribution is -2.47. The number of hydrogen-bond donors (Lipinski definition) is 1. The van der Waals surface area contributed by atoms with Gasteiger partial charge in [-0.3, -0.25) is 9.59 Å². The number of amides is 1. The summed E-state index contributed by atoms with van der Waals surface area (Å²) in [6, 6.07) is 0. The van der Waals surface area contributed by atoms with Crippen LogP contribution in [0.5, 0.6) is 0 Å². The molecule has 0 bridgehead atoms. The minimum atomic E-state index is -0.715. The van der Waals surface area contributed by atoms with Crippen molar-refractivity contribution in [2.75, 3.05) is 13.1 Å². The SMILES string of the molecule is CC1CN(C(=O)C2CCCCC2)CCC1C(=O)O. The van der Waals surface area contributed by atoms with Gasteiger partial charge in [0.2, 0.25) is 5.91 Å². The molecule has 0 aromatic rings. The summed E-state index contributed by atoms with van der Waals surface area (Å²) in [6.07, 6.45) is 6.23. The van der Waals surface area contributed by atoms with Crippen molar-refractivity contribution < 1.29 is 14.7 Å². The van der Waals surface area contributed by atoms with Gasteiger partial charge in [-0.2, -0.15) is 0 Å². The summed E-state index contributed by atoms with van der Waals surface area (Å²) in [5.41, 5.74) is 0. The zero-order valence-electron chi connectivity index (χ0n) is 11.1. The molecule has 2 atom stereocenters. The van der Waals surface area contributed by atoms with E-state index in [0.717, 1.165) is 25.7 Å². The fraction of sp³-hybridized carbons (Fsp3) is 0.857. The monoisotopic (exact) mass is 253 g/mol. The second kappa shape index (κ2) is 5.72. The molecule has 2 fully saturated rings. The summed E-state index contributed by atoms with van der Waals surface area (Å²) < 4.78 is 0. The van der Waals surface area contributed by atoms with Crippen molar-refractivity contribution in [1.29, 1.82) is 0 Å². The highest BCUT2D eigenvalue weighted by molar-refractivity contribution is 5.79. The normalized spacial score (nSPS) is 30.2. The van der Waals surface area contributed by atoms with E-state index < -0.39 is 5.97 Å². The summed E-state index contributed by atoms with van der Waals surface area (Å²) in [4.78, 5) is 25.3. The van der Waals surface area contributed by atoms with Crippen LogP contribution in [0.15, 0.2) is 0 Å². The standard InChI is InChI=1S/C14H23NO3/c1-10-9-15(8-7-12(10)14(17)18)13(16)11-5-3-2-4-6-11/h10-12H,2-9H2,1H3,(H,17,18). The Morgan fingerprint density at radius 2 is 1.78 bits per heavy atom. The van der Waals surface area contributed by atoms with E-state index in [0.29, 0.717) is 19.5 Å². The summed E-state index contributed by atoms with van der Waals surface area (Å²) in [5.74, 6) is -0.450. The van der Waals surface area contributed by atoms with Gasteiger partial charge in [-0.15, -0.1) is 0 Å². The van der Waals surface area contributed by atoms with Gasteiger partial charge in [-0.25, -0.2) is 0 Å². The van der Waals surface area contributed by atoms with Crippen LogP contribution in [-0.2, 0) is 9.59 Å². The van der Waals surface area contributed by atoms with E-state index in [1.54, 1.807) is 0 Å². The molecule has 1 heterocycles. The molecule has 1 aliphatic heterocycles. The summed E-state index contributed by atoms with van der Waals surface area (Å²) >= 11 is 0. The van der Waals surface area contributed by atoms with Crippen LogP contribution in [0.3, 0.4) is 0 Å². The maximum absolute atomic E-state index is 12.4. The van der Waals surface area contributed by atoms with Gasteiger partial charge < -0.3 is 10.0 Å². The minimum Gasteiger partial charge on any atom is -0.481 e. The van der Waals surface area contributed by atoms with Gasteiger partial charge in [0.15, 0.2) is 0 Å². The number of aliphatic carboxylic acids is 1. The molecule has 0 aromatic carbocycles. The van der Waals surface area contributed by atoms with Crippen LogP contribution in [0.4, 0.5) is 0 Å². The van der Waals surface area contributed by atoms with E-state index in [1.165, 1.54) is 6.42 Å². The first-order valence-corrected chi connectivity index (χ1v) is 7.11. The van der Waals surface area contributed by atoms with Crippen molar-refractivity contribution in [3.63, 3.8) is 0 Å². The molecule has 1 amide bonds.